The summed E-state index contributed by atoms with van der Waals surface area (Å²) in [5.41, 5.74) is 8.91. The number of aromatic nitrogens is 2. The predicted octanol–water partition coefficient (Wildman–Crippen LogP) is 10.9. The molecular weight excluding hydrogens is 552 g/mol. The Kier molecular flexibility index (Phi) is 4.03. The van der Waals surface area contributed by atoms with Gasteiger partial charge in [-0.2, -0.15) is 0 Å². The van der Waals surface area contributed by atoms with Crippen LogP contribution in [0.15, 0.2) is 142 Å². The molecule has 45 heavy (non-hydrogen) atoms. The number of para-hydroxylation sites is 4. The van der Waals surface area contributed by atoms with Crippen molar-refractivity contribution < 1.29 is 19.8 Å². The fourth-order valence-corrected chi connectivity index (χ4v) is 6.35. The molecule has 1 aliphatic rings. The third-order valence-electron chi connectivity index (χ3n) is 8.64. The summed E-state index contributed by atoms with van der Waals surface area (Å²) < 4.78 is 78.2. The summed E-state index contributed by atoms with van der Waals surface area (Å²) in [4.78, 5) is 9.02. The number of oxazole rings is 2. The van der Waals surface area contributed by atoms with Gasteiger partial charge in [-0.3, -0.25) is 0 Å². The zero-order valence-electron chi connectivity index (χ0n) is 32.3. The molecule has 6 aromatic carbocycles. The minimum Gasteiger partial charge on any atom is -0.436 e. The normalized spacial score (nSPS) is 15.8. The number of hydrogen-bond acceptors (Lipinski definition) is 4. The quantitative estimate of drug-likeness (QED) is 0.205. The van der Waals surface area contributed by atoms with Crippen molar-refractivity contribution in [1.29, 1.82) is 0 Å². The highest BCUT2D eigenvalue weighted by Gasteiger charge is 2.36. The lowest BCUT2D eigenvalue weighted by molar-refractivity contribution is 0.617. The van der Waals surface area contributed by atoms with E-state index >= 15 is 0 Å². The molecule has 0 bridgehead atoms. The monoisotopic (exact) mass is 588 g/mol. The summed E-state index contributed by atoms with van der Waals surface area (Å²) in [7, 11) is 0. The molecule has 0 spiro atoms. The molecule has 0 saturated heterocycles. The fraction of sp³-hybridized carbons (Fsp3) is 0.0732. The average Bonchev–Trinajstić information content (AvgIpc) is 3.89. The maximum absolute atomic E-state index is 8.41. The van der Waals surface area contributed by atoms with Crippen LogP contribution in [0.5, 0.6) is 0 Å². The lowest BCUT2D eigenvalue weighted by atomic mass is 9.80. The second-order valence-corrected chi connectivity index (χ2v) is 11.7. The number of fused-ring (bicyclic) bond motifs is 5. The van der Waals surface area contributed by atoms with E-state index in [2.05, 4.69) is 66.3 Å². The Morgan fingerprint density at radius 2 is 1.00 bits per heavy atom. The third kappa shape index (κ3) is 4.14. The van der Waals surface area contributed by atoms with Gasteiger partial charge >= 0.3 is 0 Å². The van der Waals surface area contributed by atoms with Gasteiger partial charge in [0, 0.05) is 16.5 Å². The molecule has 0 fully saturated rings. The number of benzene rings is 6. The van der Waals surface area contributed by atoms with Crippen molar-refractivity contribution in [3.05, 3.63) is 144 Å². The minimum atomic E-state index is -0.427. The maximum atomic E-state index is 8.41. The number of hydrogen-bond donors (Lipinski definition) is 0. The Balaban J connectivity index is 1.23. The second-order valence-electron chi connectivity index (χ2n) is 11.7. The van der Waals surface area contributed by atoms with Crippen molar-refractivity contribution in [3.8, 4) is 56.3 Å². The molecule has 4 nitrogen and oxygen atoms in total. The van der Waals surface area contributed by atoms with Gasteiger partial charge in [-0.25, -0.2) is 9.97 Å². The van der Waals surface area contributed by atoms with Crippen molar-refractivity contribution in [1.82, 2.24) is 9.97 Å². The van der Waals surface area contributed by atoms with Gasteiger partial charge in [-0.05, 0) is 99.0 Å². The molecule has 4 heteroatoms. The van der Waals surface area contributed by atoms with E-state index in [9.17, 15) is 0 Å². The van der Waals surface area contributed by atoms with Gasteiger partial charge in [0.2, 0.25) is 11.8 Å². The van der Waals surface area contributed by atoms with E-state index in [1.54, 1.807) is 6.07 Å². The summed E-state index contributed by atoms with van der Waals surface area (Å²) in [6.07, 6.45) is 0. The topological polar surface area (TPSA) is 52.1 Å². The highest BCUT2D eigenvalue weighted by Crippen LogP contribution is 2.51. The van der Waals surface area contributed by atoms with Crippen LogP contribution in [0.1, 0.15) is 35.9 Å². The van der Waals surface area contributed by atoms with Gasteiger partial charge in [0.15, 0.2) is 11.2 Å². The van der Waals surface area contributed by atoms with Gasteiger partial charge < -0.3 is 8.83 Å². The van der Waals surface area contributed by atoms with Crippen LogP contribution in [0, 0.1) is 0 Å². The smallest absolute Gasteiger partial charge is 0.227 e. The summed E-state index contributed by atoms with van der Waals surface area (Å²) in [6, 6.07) is 25.6. The van der Waals surface area contributed by atoms with Crippen LogP contribution in [0.3, 0.4) is 0 Å². The molecule has 1 aliphatic carbocycles. The second kappa shape index (κ2) is 9.63. The Morgan fingerprint density at radius 3 is 1.56 bits per heavy atom. The van der Waals surface area contributed by atoms with Gasteiger partial charge in [0.05, 0.1) is 11.0 Å². The van der Waals surface area contributed by atoms with E-state index in [1.807, 2.05) is 36.4 Å². The van der Waals surface area contributed by atoms with Gasteiger partial charge in [0.25, 0.3) is 0 Å². The molecule has 2 aromatic heterocycles. The molecule has 0 N–H and O–H groups in total. The van der Waals surface area contributed by atoms with Gasteiger partial charge in [0.1, 0.15) is 11.0 Å². The molecule has 0 radical (unpaired) electrons. The lowest BCUT2D eigenvalue weighted by Crippen LogP contribution is -2.15. The zero-order chi connectivity index (χ0) is 37.1. The summed E-state index contributed by atoms with van der Waals surface area (Å²) in [6.45, 7) is 4.43. The predicted molar refractivity (Wildman–Crippen MR) is 181 cm³/mol. The zero-order valence-corrected chi connectivity index (χ0v) is 24.3. The van der Waals surface area contributed by atoms with Crippen LogP contribution in [-0.2, 0) is 5.41 Å². The highest BCUT2D eigenvalue weighted by molar-refractivity contribution is 5.88. The van der Waals surface area contributed by atoms with E-state index in [4.69, 9.17) is 19.8 Å². The summed E-state index contributed by atoms with van der Waals surface area (Å²) >= 11 is 0. The van der Waals surface area contributed by atoms with Crippen LogP contribution in [-0.4, -0.2) is 9.97 Å². The first-order chi connectivity index (χ1) is 25.3. The van der Waals surface area contributed by atoms with Crippen LogP contribution in [0.4, 0.5) is 0 Å². The number of rotatable bonds is 4. The molecular formula is C41H28N2O2. The average molecular weight is 589 g/mol. The Labute approximate surface area is 271 Å². The van der Waals surface area contributed by atoms with Crippen LogP contribution in [0.25, 0.3) is 78.5 Å². The first kappa shape index (κ1) is 18.8. The Bertz CT molecular complexity index is 2650. The van der Waals surface area contributed by atoms with Crippen LogP contribution < -0.4 is 0 Å². The summed E-state index contributed by atoms with van der Waals surface area (Å²) in [5, 5.41) is 0. The maximum Gasteiger partial charge on any atom is 0.227 e. The van der Waals surface area contributed by atoms with E-state index in [0.29, 0.717) is 11.1 Å². The molecule has 8 aromatic rings. The largest absolute Gasteiger partial charge is 0.436 e. The molecule has 9 rings (SSSR count). The van der Waals surface area contributed by atoms with Crippen molar-refractivity contribution in [3.63, 3.8) is 0 Å². The Hall–Kier alpha value is -5.74. The van der Waals surface area contributed by atoms with Crippen molar-refractivity contribution in [2.45, 2.75) is 19.3 Å². The summed E-state index contributed by atoms with van der Waals surface area (Å²) in [5.74, 6) is 0.107. The van der Waals surface area contributed by atoms with E-state index < -0.39 is 24.2 Å². The lowest BCUT2D eigenvalue weighted by Gasteiger charge is -2.22. The van der Waals surface area contributed by atoms with Crippen LogP contribution >= 0.6 is 0 Å². The third-order valence-corrected chi connectivity index (χ3v) is 8.64. The van der Waals surface area contributed by atoms with E-state index in [-0.39, 0.29) is 63.6 Å². The molecule has 0 aliphatic heterocycles. The van der Waals surface area contributed by atoms with Crippen molar-refractivity contribution in [2.24, 2.45) is 0 Å². The molecule has 2 heterocycles. The highest BCUT2D eigenvalue weighted by atomic mass is 16.4. The van der Waals surface area contributed by atoms with E-state index in [0.717, 1.165) is 33.4 Å². The number of nitrogens with zero attached hydrogens (tertiary/aromatic N) is 2. The SMILES string of the molecule is [2H]c1c([2H])c([2H])c2oc(-c3cc(-c4ccc5c(c4)C(C)(C)c4cc(-c6ccccc6)ccc4-5)cc(-c4nc5c([2H])c([2H])c([2H])c([2H])c5o4)c3)nc2c1[2H]. The van der Waals surface area contributed by atoms with E-state index in [1.165, 1.54) is 11.1 Å². The standard InChI is InChI=1S/C41H28N2O2/c1-41(2)33-23-26(25-10-4-3-5-11-25)16-18-31(33)32-19-17-27(24-34(32)41)28-20-29(39-42-35-12-6-8-14-37(35)44-39)22-30(21-28)40-43-36-13-7-9-15-38(36)45-40/h3-24H,1-2H3/i6D,7D,8D,9D,12D,13D,14D,15D. The fourth-order valence-electron chi connectivity index (χ4n) is 6.35. The molecule has 0 atom stereocenters. The Morgan fingerprint density at radius 1 is 0.511 bits per heavy atom. The van der Waals surface area contributed by atoms with Crippen molar-refractivity contribution >= 4 is 22.2 Å². The first-order valence-corrected chi connectivity index (χ1v) is 14.6. The molecule has 0 unspecified atom stereocenters. The molecule has 0 amide bonds. The minimum absolute atomic E-state index is 0.00428. The first-order valence-electron chi connectivity index (χ1n) is 18.6. The van der Waals surface area contributed by atoms with Crippen LogP contribution in [0.2, 0.25) is 0 Å². The van der Waals surface area contributed by atoms with Gasteiger partial charge in [-0.15, -0.1) is 0 Å². The van der Waals surface area contributed by atoms with Crippen molar-refractivity contribution in [2.75, 3.05) is 0 Å². The molecule has 0 saturated carbocycles. The molecule has 214 valence electrons. The van der Waals surface area contributed by atoms with Gasteiger partial charge in [-0.1, -0.05) is 92.6 Å².